The Morgan fingerprint density at radius 3 is 3.00 bits per heavy atom. The average molecular weight is 367 g/mol. The molecule has 1 spiro atoms. The molecular formula is C21H25N3O3. The van der Waals surface area contributed by atoms with Crippen molar-refractivity contribution in [1.82, 2.24) is 15.1 Å². The molecule has 0 saturated carbocycles. The molecule has 5 rings (SSSR count). The van der Waals surface area contributed by atoms with Gasteiger partial charge in [-0.15, -0.1) is 0 Å². The van der Waals surface area contributed by atoms with Crippen LogP contribution in [0.1, 0.15) is 46.1 Å². The Morgan fingerprint density at radius 1 is 1.33 bits per heavy atom. The van der Waals surface area contributed by atoms with E-state index in [-0.39, 0.29) is 12.0 Å². The summed E-state index contributed by atoms with van der Waals surface area (Å²) in [5.41, 5.74) is 3.68. The highest BCUT2D eigenvalue weighted by molar-refractivity contribution is 5.94. The first-order valence-electron chi connectivity index (χ1n) is 9.77. The Hall–Kier alpha value is -2.18. The Balaban J connectivity index is 1.37. The lowest BCUT2D eigenvalue weighted by Gasteiger charge is -2.28. The third-order valence-corrected chi connectivity index (χ3v) is 6.45. The minimum atomic E-state index is -0.426. The number of aromatic amines is 1. The number of carbonyl (C=O) groups excluding carboxylic acids is 1. The molecule has 3 heterocycles. The number of ether oxygens (including phenoxy) is 2. The molecule has 6 nitrogen and oxygen atoms in total. The zero-order valence-corrected chi connectivity index (χ0v) is 15.6. The van der Waals surface area contributed by atoms with E-state index in [9.17, 15) is 4.79 Å². The Morgan fingerprint density at radius 2 is 2.19 bits per heavy atom. The molecule has 27 heavy (non-hydrogen) atoms. The van der Waals surface area contributed by atoms with Crippen molar-refractivity contribution in [3.8, 4) is 0 Å². The molecule has 2 aliphatic heterocycles. The number of hydrogen-bond acceptors (Lipinski definition) is 4. The van der Waals surface area contributed by atoms with E-state index in [4.69, 9.17) is 9.47 Å². The van der Waals surface area contributed by atoms with Gasteiger partial charge in [0.1, 0.15) is 11.7 Å². The summed E-state index contributed by atoms with van der Waals surface area (Å²) in [5.74, 6) is 0.341. The van der Waals surface area contributed by atoms with Crippen molar-refractivity contribution in [2.24, 2.45) is 0 Å². The van der Waals surface area contributed by atoms with Crippen LogP contribution in [0.15, 0.2) is 30.3 Å². The van der Waals surface area contributed by atoms with E-state index in [0.717, 1.165) is 36.9 Å². The highest BCUT2D eigenvalue weighted by atomic mass is 16.6. The summed E-state index contributed by atoms with van der Waals surface area (Å²) in [6.07, 6.45) is 3.78. The van der Waals surface area contributed by atoms with Crippen molar-refractivity contribution in [2.75, 3.05) is 26.8 Å². The van der Waals surface area contributed by atoms with Crippen molar-refractivity contribution < 1.29 is 14.3 Å². The predicted octanol–water partition coefficient (Wildman–Crippen LogP) is 2.31. The maximum absolute atomic E-state index is 13.2. The predicted molar refractivity (Wildman–Crippen MR) is 99.8 cm³/mol. The van der Waals surface area contributed by atoms with Crippen molar-refractivity contribution in [2.45, 2.75) is 43.3 Å². The Bertz CT molecular complexity index is 850. The quantitative estimate of drug-likeness (QED) is 0.904. The molecule has 1 aromatic heterocycles. The molecule has 3 aliphatic rings. The highest BCUT2D eigenvalue weighted by Gasteiger charge is 2.54. The summed E-state index contributed by atoms with van der Waals surface area (Å²) in [6.45, 7) is 1.79. The van der Waals surface area contributed by atoms with Crippen molar-refractivity contribution in [3.63, 3.8) is 0 Å². The van der Waals surface area contributed by atoms with Crippen LogP contribution < -0.4 is 0 Å². The lowest BCUT2D eigenvalue weighted by Crippen LogP contribution is -2.42. The number of benzene rings is 1. The van der Waals surface area contributed by atoms with Crippen molar-refractivity contribution in [1.29, 1.82) is 0 Å². The Labute approximate surface area is 158 Å². The van der Waals surface area contributed by atoms with Crippen LogP contribution in [0.2, 0.25) is 0 Å². The van der Waals surface area contributed by atoms with Crippen LogP contribution in [0.4, 0.5) is 0 Å². The molecule has 0 radical (unpaired) electrons. The molecule has 3 atom stereocenters. The number of fused-ring (bicyclic) bond motifs is 1. The van der Waals surface area contributed by atoms with Crippen LogP contribution in [0.3, 0.4) is 0 Å². The number of amides is 1. The molecule has 142 valence electrons. The van der Waals surface area contributed by atoms with Crippen LogP contribution >= 0.6 is 0 Å². The molecule has 0 bridgehead atoms. The van der Waals surface area contributed by atoms with Gasteiger partial charge in [-0.05, 0) is 31.2 Å². The number of nitrogens with one attached hydrogen (secondary N) is 1. The standard InChI is InChI=1S/C21H25N3O3/c1-26-18-11-24(20(25)19-16-8-5-9-17(16)22-23-19)13-21(18)10-15(12-27-21)14-6-3-2-4-7-14/h2-4,6-7,15,18H,5,8-13H2,1H3,(H,22,23)/t15-,18-,21-/m1/s1. The van der Waals surface area contributed by atoms with Crippen LogP contribution in [0.5, 0.6) is 0 Å². The van der Waals surface area contributed by atoms with Gasteiger partial charge in [0, 0.05) is 24.3 Å². The SMILES string of the molecule is CO[C@@H]1CN(C(=O)c2n[nH]c3c2CCC3)C[C@]12C[C@@H](c1ccccc1)CO2. The average Bonchev–Trinajstić information content (AvgIpc) is 3.46. The molecular weight excluding hydrogens is 342 g/mol. The van der Waals surface area contributed by atoms with Gasteiger partial charge in [0.05, 0.1) is 19.7 Å². The minimum absolute atomic E-state index is 0.0000797. The molecule has 1 N–H and O–H groups in total. The Kier molecular flexibility index (Phi) is 4.06. The first kappa shape index (κ1) is 17.0. The summed E-state index contributed by atoms with van der Waals surface area (Å²) in [6, 6.07) is 10.5. The maximum atomic E-state index is 13.2. The zero-order valence-electron chi connectivity index (χ0n) is 15.6. The van der Waals surface area contributed by atoms with Gasteiger partial charge < -0.3 is 14.4 Å². The number of aryl methyl sites for hydroxylation is 1. The van der Waals surface area contributed by atoms with Gasteiger partial charge in [-0.1, -0.05) is 30.3 Å². The minimum Gasteiger partial charge on any atom is -0.377 e. The monoisotopic (exact) mass is 367 g/mol. The number of aromatic nitrogens is 2. The van der Waals surface area contributed by atoms with Gasteiger partial charge in [0.2, 0.25) is 0 Å². The molecule has 1 aromatic carbocycles. The molecule has 2 fully saturated rings. The van der Waals surface area contributed by atoms with Gasteiger partial charge >= 0.3 is 0 Å². The molecule has 0 unspecified atom stereocenters. The highest BCUT2D eigenvalue weighted by Crippen LogP contribution is 2.43. The lowest BCUT2D eigenvalue weighted by molar-refractivity contribution is -0.0755. The first-order valence-corrected chi connectivity index (χ1v) is 9.77. The molecule has 6 heteroatoms. The summed E-state index contributed by atoms with van der Waals surface area (Å²) in [5, 5.41) is 7.36. The van der Waals surface area contributed by atoms with Crippen LogP contribution in [-0.4, -0.2) is 59.5 Å². The second-order valence-corrected chi connectivity index (χ2v) is 7.98. The fourth-order valence-corrected chi connectivity index (χ4v) is 5.02. The van der Waals surface area contributed by atoms with Crippen molar-refractivity contribution in [3.05, 3.63) is 52.8 Å². The van der Waals surface area contributed by atoms with Gasteiger partial charge in [-0.25, -0.2) is 0 Å². The zero-order chi connectivity index (χ0) is 18.4. The summed E-state index contributed by atoms with van der Waals surface area (Å²) >= 11 is 0. The van der Waals surface area contributed by atoms with Gasteiger partial charge in [0.15, 0.2) is 5.69 Å². The summed E-state index contributed by atoms with van der Waals surface area (Å²) < 4.78 is 12.1. The number of hydrogen-bond donors (Lipinski definition) is 1. The summed E-state index contributed by atoms with van der Waals surface area (Å²) in [7, 11) is 1.71. The van der Waals surface area contributed by atoms with E-state index >= 15 is 0 Å². The number of rotatable bonds is 3. The summed E-state index contributed by atoms with van der Waals surface area (Å²) in [4.78, 5) is 15.0. The van der Waals surface area contributed by atoms with Gasteiger partial charge in [-0.3, -0.25) is 9.89 Å². The van der Waals surface area contributed by atoms with E-state index in [1.165, 1.54) is 5.56 Å². The van der Waals surface area contributed by atoms with Crippen LogP contribution in [0, 0.1) is 0 Å². The molecule has 1 amide bonds. The number of methoxy groups -OCH3 is 1. The number of carbonyl (C=O) groups is 1. The van der Waals surface area contributed by atoms with Crippen LogP contribution in [-0.2, 0) is 22.3 Å². The number of likely N-dealkylation sites (tertiary alicyclic amines) is 1. The first-order chi connectivity index (χ1) is 13.2. The molecule has 2 aromatic rings. The second kappa shape index (κ2) is 6.46. The van der Waals surface area contributed by atoms with Gasteiger partial charge in [0.25, 0.3) is 5.91 Å². The largest absolute Gasteiger partial charge is 0.377 e. The third-order valence-electron chi connectivity index (χ3n) is 6.45. The maximum Gasteiger partial charge on any atom is 0.274 e. The van der Waals surface area contributed by atoms with E-state index in [1.54, 1.807) is 7.11 Å². The fraction of sp³-hybridized carbons (Fsp3) is 0.524. The van der Waals surface area contributed by atoms with E-state index in [1.807, 2.05) is 11.0 Å². The second-order valence-electron chi connectivity index (χ2n) is 7.98. The molecule has 1 aliphatic carbocycles. The number of nitrogens with zero attached hydrogens (tertiary/aromatic N) is 2. The fourth-order valence-electron chi connectivity index (χ4n) is 5.02. The van der Waals surface area contributed by atoms with E-state index < -0.39 is 5.60 Å². The smallest absolute Gasteiger partial charge is 0.274 e. The van der Waals surface area contributed by atoms with E-state index in [2.05, 4.69) is 34.5 Å². The van der Waals surface area contributed by atoms with E-state index in [0.29, 0.717) is 31.3 Å². The molecule has 2 saturated heterocycles. The van der Waals surface area contributed by atoms with Gasteiger partial charge in [-0.2, -0.15) is 5.10 Å². The third kappa shape index (κ3) is 2.70. The number of H-pyrrole nitrogens is 1. The lowest BCUT2D eigenvalue weighted by atomic mass is 9.87. The van der Waals surface area contributed by atoms with Crippen LogP contribution in [0.25, 0.3) is 0 Å². The topological polar surface area (TPSA) is 67.5 Å². The van der Waals surface area contributed by atoms with Crippen molar-refractivity contribution >= 4 is 5.91 Å². The normalized spacial score (nSPS) is 29.6.